The number of likely N-dealkylation sites (N-methyl/N-ethyl adjacent to an activating group) is 1. The molecule has 6 nitrogen and oxygen atoms in total. The molecule has 0 heterocycles. The smallest absolute Gasteiger partial charge is 0.252 e. The van der Waals surface area contributed by atoms with Gasteiger partial charge in [0.15, 0.2) is 0 Å². The van der Waals surface area contributed by atoms with Gasteiger partial charge >= 0.3 is 0 Å². The molecule has 1 fully saturated rings. The minimum atomic E-state index is -0.679. The van der Waals surface area contributed by atoms with Crippen LogP contribution in [0.1, 0.15) is 54.9 Å². The summed E-state index contributed by atoms with van der Waals surface area (Å²) in [7, 11) is 0. The van der Waals surface area contributed by atoms with Crippen molar-refractivity contribution < 1.29 is 14.3 Å². The Kier molecular flexibility index (Phi) is 8.06. The second-order valence-electron chi connectivity index (χ2n) is 8.24. The van der Waals surface area contributed by atoms with E-state index in [4.69, 9.17) is 16.2 Å². The fourth-order valence-electron chi connectivity index (χ4n) is 4.19. The first-order valence-corrected chi connectivity index (χ1v) is 11.2. The molecule has 2 aromatic carbocycles. The molecule has 3 rings (SSSR count). The zero-order valence-electron chi connectivity index (χ0n) is 18.3. The number of nitrogens with zero attached hydrogens (tertiary/aromatic N) is 1. The van der Waals surface area contributed by atoms with Crippen LogP contribution in [-0.4, -0.2) is 31.0 Å². The number of nitrogens with two attached hydrogens (primary N) is 2. The van der Waals surface area contributed by atoms with Gasteiger partial charge < -0.3 is 21.1 Å². The highest BCUT2D eigenvalue weighted by Gasteiger charge is 2.23. The minimum Gasteiger partial charge on any atom is -0.492 e. The number of carbonyl (C=O) groups excluding carboxylic acids is 2. The molecule has 0 radical (unpaired) electrons. The molecule has 0 bridgehead atoms. The summed E-state index contributed by atoms with van der Waals surface area (Å²) >= 11 is 0. The monoisotopic (exact) mass is 423 g/mol. The van der Waals surface area contributed by atoms with Gasteiger partial charge in [0.25, 0.3) is 5.91 Å². The average molecular weight is 424 g/mol. The van der Waals surface area contributed by atoms with E-state index in [2.05, 4.69) is 0 Å². The Morgan fingerprint density at radius 2 is 1.81 bits per heavy atom. The lowest BCUT2D eigenvalue weighted by molar-refractivity contribution is -0.119. The highest BCUT2D eigenvalue weighted by molar-refractivity contribution is 6.00. The average Bonchev–Trinajstić information content (AvgIpc) is 2.79. The molecule has 0 unspecified atom stereocenters. The van der Waals surface area contributed by atoms with Gasteiger partial charge in [0.1, 0.15) is 5.75 Å². The van der Waals surface area contributed by atoms with E-state index in [1.165, 1.54) is 19.3 Å². The molecule has 0 saturated heterocycles. The first kappa shape index (κ1) is 22.8. The number of rotatable bonds is 9. The van der Waals surface area contributed by atoms with Crippen LogP contribution in [0.5, 0.6) is 5.75 Å². The number of carbonyl (C=O) groups is 2. The number of amides is 2. The van der Waals surface area contributed by atoms with E-state index in [-0.39, 0.29) is 11.5 Å². The Hall–Kier alpha value is -2.86. The van der Waals surface area contributed by atoms with Crippen LogP contribution in [0.2, 0.25) is 0 Å². The maximum Gasteiger partial charge on any atom is 0.252 e. The van der Waals surface area contributed by atoms with Crippen molar-refractivity contribution in [1.29, 1.82) is 0 Å². The maximum absolute atomic E-state index is 13.0. The maximum atomic E-state index is 13.0. The van der Waals surface area contributed by atoms with E-state index in [1.807, 2.05) is 37.3 Å². The van der Waals surface area contributed by atoms with Crippen molar-refractivity contribution in [1.82, 2.24) is 0 Å². The van der Waals surface area contributed by atoms with Gasteiger partial charge in [-0.05, 0) is 55.9 Å². The topological polar surface area (TPSA) is 98.7 Å². The van der Waals surface area contributed by atoms with Crippen molar-refractivity contribution in [2.75, 3.05) is 18.1 Å². The molecule has 6 heteroatoms. The lowest BCUT2D eigenvalue weighted by Gasteiger charge is -2.26. The van der Waals surface area contributed by atoms with E-state index in [1.54, 1.807) is 23.1 Å². The molecule has 1 atom stereocenters. The largest absolute Gasteiger partial charge is 0.492 e. The van der Waals surface area contributed by atoms with E-state index in [0.29, 0.717) is 36.9 Å². The van der Waals surface area contributed by atoms with Crippen LogP contribution in [0.3, 0.4) is 0 Å². The normalized spacial score (nSPS) is 15.3. The van der Waals surface area contributed by atoms with Crippen LogP contribution in [0.4, 0.5) is 5.69 Å². The molecule has 31 heavy (non-hydrogen) atoms. The van der Waals surface area contributed by atoms with Gasteiger partial charge in [0.2, 0.25) is 5.91 Å². The fourth-order valence-corrected chi connectivity index (χ4v) is 4.19. The standard InChI is InChI=1S/C25H33N3O3/c1-2-28(25(30)22(26)15-18-9-5-3-6-10-18)20-13-14-23(21(16-20)24(27)29)31-17-19-11-7-4-8-12-19/h3,5-6,9-10,13-14,16,19,22H,2,4,7-8,11-12,15,17,26H2,1H3,(H2,27,29)/t22-/m0/s1. The third kappa shape index (κ3) is 6.07. The lowest BCUT2D eigenvalue weighted by atomic mass is 9.90. The summed E-state index contributed by atoms with van der Waals surface area (Å²) in [5.74, 6) is 0.216. The third-order valence-corrected chi connectivity index (χ3v) is 5.94. The molecule has 1 saturated carbocycles. The first-order chi connectivity index (χ1) is 15.0. The summed E-state index contributed by atoms with van der Waals surface area (Å²) in [6.45, 7) is 2.89. The van der Waals surface area contributed by atoms with Gasteiger partial charge in [-0.2, -0.15) is 0 Å². The molecule has 4 N–H and O–H groups in total. The molecule has 0 aliphatic heterocycles. The van der Waals surface area contributed by atoms with Crippen molar-refractivity contribution in [3.63, 3.8) is 0 Å². The fraction of sp³-hybridized carbons (Fsp3) is 0.440. The highest BCUT2D eigenvalue weighted by atomic mass is 16.5. The molecule has 2 aromatic rings. The first-order valence-electron chi connectivity index (χ1n) is 11.2. The third-order valence-electron chi connectivity index (χ3n) is 5.94. The number of hydrogen-bond acceptors (Lipinski definition) is 4. The lowest BCUT2D eigenvalue weighted by Crippen LogP contribution is -2.45. The summed E-state index contributed by atoms with van der Waals surface area (Å²) < 4.78 is 5.96. The Balaban J connectivity index is 1.73. The zero-order valence-corrected chi connectivity index (χ0v) is 18.3. The second-order valence-corrected chi connectivity index (χ2v) is 8.24. The summed E-state index contributed by atoms with van der Waals surface area (Å²) in [5.41, 5.74) is 13.7. The van der Waals surface area contributed by atoms with Crippen LogP contribution < -0.4 is 21.1 Å². The summed E-state index contributed by atoms with van der Waals surface area (Å²) in [6.07, 6.45) is 6.49. The summed E-state index contributed by atoms with van der Waals surface area (Å²) in [6, 6.07) is 14.2. The van der Waals surface area contributed by atoms with Gasteiger partial charge in [-0.1, -0.05) is 49.6 Å². The van der Waals surface area contributed by atoms with Crippen LogP contribution >= 0.6 is 0 Å². The van der Waals surface area contributed by atoms with E-state index >= 15 is 0 Å². The Labute approximate surface area is 184 Å². The number of hydrogen-bond donors (Lipinski definition) is 2. The Bertz CT molecular complexity index is 879. The number of ether oxygens (including phenoxy) is 1. The van der Waals surface area contributed by atoms with Crippen molar-refractivity contribution in [3.05, 3.63) is 59.7 Å². The van der Waals surface area contributed by atoms with Gasteiger partial charge in [-0.15, -0.1) is 0 Å². The molecule has 166 valence electrons. The summed E-state index contributed by atoms with van der Waals surface area (Å²) in [5, 5.41) is 0. The van der Waals surface area contributed by atoms with Gasteiger partial charge in [0.05, 0.1) is 18.2 Å². The van der Waals surface area contributed by atoms with Crippen molar-refractivity contribution in [2.24, 2.45) is 17.4 Å². The van der Waals surface area contributed by atoms with E-state index in [0.717, 1.165) is 18.4 Å². The summed E-state index contributed by atoms with van der Waals surface area (Å²) in [4.78, 5) is 26.7. The minimum absolute atomic E-state index is 0.197. The van der Waals surface area contributed by atoms with Crippen LogP contribution in [0.15, 0.2) is 48.5 Å². The molecular formula is C25H33N3O3. The molecule has 0 aromatic heterocycles. The zero-order chi connectivity index (χ0) is 22.2. The van der Waals surface area contributed by atoms with Crippen LogP contribution in [0, 0.1) is 5.92 Å². The predicted molar refractivity (Wildman–Crippen MR) is 123 cm³/mol. The van der Waals surface area contributed by atoms with Gasteiger partial charge in [-0.3, -0.25) is 9.59 Å². The number of benzene rings is 2. The van der Waals surface area contributed by atoms with Gasteiger partial charge in [-0.25, -0.2) is 0 Å². The molecule has 1 aliphatic rings. The van der Waals surface area contributed by atoms with Gasteiger partial charge in [0, 0.05) is 12.2 Å². The van der Waals surface area contributed by atoms with Crippen molar-refractivity contribution in [2.45, 2.75) is 51.5 Å². The second kappa shape index (κ2) is 11.0. The van der Waals surface area contributed by atoms with Crippen molar-refractivity contribution in [3.8, 4) is 5.75 Å². The SMILES string of the molecule is CCN(C(=O)[C@@H](N)Cc1ccccc1)c1ccc(OCC2CCCCC2)c(C(N)=O)c1. The number of anilines is 1. The highest BCUT2D eigenvalue weighted by Crippen LogP contribution is 2.28. The van der Waals surface area contributed by atoms with Crippen LogP contribution in [0.25, 0.3) is 0 Å². The van der Waals surface area contributed by atoms with Crippen molar-refractivity contribution >= 4 is 17.5 Å². The number of primary amides is 1. The Morgan fingerprint density at radius 3 is 2.45 bits per heavy atom. The molecule has 0 spiro atoms. The quantitative estimate of drug-likeness (QED) is 0.643. The molecule has 2 amide bonds. The molecular weight excluding hydrogens is 390 g/mol. The van der Waals surface area contributed by atoms with Crippen LogP contribution in [-0.2, 0) is 11.2 Å². The van der Waals surface area contributed by atoms with E-state index < -0.39 is 11.9 Å². The Morgan fingerprint density at radius 1 is 1.10 bits per heavy atom. The van der Waals surface area contributed by atoms with E-state index in [9.17, 15) is 9.59 Å². The predicted octanol–water partition coefficient (Wildman–Crippen LogP) is 3.67. The molecule has 1 aliphatic carbocycles.